The Labute approximate surface area is 96.2 Å². The Morgan fingerprint density at radius 2 is 2.19 bits per heavy atom. The molecule has 0 saturated carbocycles. The molecule has 1 amide bonds. The van der Waals surface area contributed by atoms with Crippen molar-refractivity contribution >= 4 is 11.7 Å². The molecule has 0 radical (unpaired) electrons. The summed E-state index contributed by atoms with van der Waals surface area (Å²) in [5.41, 5.74) is 0. The number of anilines is 1. The second kappa shape index (κ2) is 5.53. The maximum Gasteiger partial charge on any atom is 0.242 e. The van der Waals surface area contributed by atoms with Gasteiger partial charge in [0.1, 0.15) is 11.9 Å². The van der Waals surface area contributed by atoms with E-state index in [1.165, 1.54) is 0 Å². The molecule has 0 saturated heterocycles. The second-order valence-electron chi connectivity index (χ2n) is 4.38. The fourth-order valence-electron chi connectivity index (χ4n) is 1.24. The molecule has 1 unspecified atom stereocenters. The minimum Gasteiger partial charge on any atom is -0.357 e. The SMILES string of the molecule is CC(C)CNC(=O)C(C)Nc1ccn(C)n1. The molecule has 1 atom stereocenters. The molecule has 0 aromatic carbocycles. The van der Waals surface area contributed by atoms with E-state index in [0.717, 1.165) is 5.82 Å². The van der Waals surface area contributed by atoms with Crippen molar-refractivity contribution in [1.82, 2.24) is 15.1 Å². The molecule has 90 valence electrons. The van der Waals surface area contributed by atoms with E-state index in [1.54, 1.807) is 4.68 Å². The largest absolute Gasteiger partial charge is 0.357 e. The summed E-state index contributed by atoms with van der Waals surface area (Å²) in [5, 5.41) is 10.1. The number of rotatable bonds is 5. The van der Waals surface area contributed by atoms with Crippen LogP contribution in [0, 0.1) is 5.92 Å². The lowest BCUT2D eigenvalue weighted by molar-refractivity contribution is -0.121. The van der Waals surface area contributed by atoms with Gasteiger partial charge < -0.3 is 10.6 Å². The van der Waals surface area contributed by atoms with Crippen LogP contribution in [0.5, 0.6) is 0 Å². The van der Waals surface area contributed by atoms with Crippen LogP contribution < -0.4 is 10.6 Å². The predicted molar refractivity (Wildman–Crippen MR) is 64.1 cm³/mol. The Bertz CT molecular complexity index is 346. The van der Waals surface area contributed by atoms with E-state index in [-0.39, 0.29) is 11.9 Å². The average Bonchev–Trinajstić information content (AvgIpc) is 2.60. The van der Waals surface area contributed by atoms with Gasteiger partial charge in [0.05, 0.1) is 0 Å². The summed E-state index contributed by atoms with van der Waals surface area (Å²) in [6, 6.07) is 1.57. The van der Waals surface area contributed by atoms with Gasteiger partial charge in [-0.2, -0.15) is 5.10 Å². The van der Waals surface area contributed by atoms with Crippen LogP contribution in [0.3, 0.4) is 0 Å². The molecule has 16 heavy (non-hydrogen) atoms. The van der Waals surface area contributed by atoms with Gasteiger partial charge in [0, 0.05) is 25.9 Å². The van der Waals surface area contributed by atoms with Gasteiger partial charge >= 0.3 is 0 Å². The topological polar surface area (TPSA) is 59.0 Å². The third kappa shape index (κ3) is 3.92. The maximum absolute atomic E-state index is 11.7. The standard InChI is InChI=1S/C11H20N4O/c1-8(2)7-12-11(16)9(3)13-10-5-6-15(4)14-10/h5-6,8-9H,7H2,1-4H3,(H,12,16)(H,13,14). The maximum atomic E-state index is 11.7. The lowest BCUT2D eigenvalue weighted by Crippen LogP contribution is -2.39. The zero-order chi connectivity index (χ0) is 12.1. The van der Waals surface area contributed by atoms with Crippen molar-refractivity contribution in [3.05, 3.63) is 12.3 Å². The molecule has 1 rings (SSSR count). The Morgan fingerprint density at radius 1 is 1.50 bits per heavy atom. The highest BCUT2D eigenvalue weighted by molar-refractivity contribution is 5.83. The number of nitrogens with zero attached hydrogens (tertiary/aromatic N) is 2. The molecule has 0 aliphatic rings. The number of amides is 1. The van der Waals surface area contributed by atoms with Crippen LogP contribution in [0.2, 0.25) is 0 Å². The normalized spacial score (nSPS) is 12.6. The molecule has 1 aromatic rings. The van der Waals surface area contributed by atoms with Crippen LogP contribution >= 0.6 is 0 Å². The van der Waals surface area contributed by atoms with Gasteiger partial charge in [0.25, 0.3) is 0 Å². The summed E-state index contributed by atoms with van der Waals surface area (Å²) in [6.45, 7) is 6.66. The van der Waals surface area contributed by atoms with Crippen molar-refractivity contribution in [1.29, 1.82) is 0 Å². The molecule has 0 aliphatic carbocycles. The molecule has 5 heteroatoms. The summed E-state index contributed by atoms with van der Waals surface area (Å²) in [7, 11) is 1.84. The number of aryl methyl sites for hydroxylation is 1. The van der Waals surface area contributed by atoms with Crippen molar-refractivity contribution in [3.63, 3.8) is 0 Å². The Kier molecular flexibility index (Phi) is 4.34. The molecule has 2 N–H and O–H groups in total. The van der Waals surface area contributed by atoms with E-state index >= 15 is 0 Å². The van der Waals surface area contributed by atoms with Gasteiger partial charge in [-0.1, -0.05) is 13.8 Å². The van der Waals surface area contributed by atoms with Gasteiger partial charge in [-0.3, -0.25) is 9.48 Å². The Morgan fingerprint density at radius 3 is 2.69 bits per heavy atom. The molecule has 0 bridgehead atoms. The third-order valence-electron chi connectivity index (χ3n) is 2.16. The first-order valence-electron chi connectivity index (χ1n) is 5.53. The number of hydrogen-bond donors (Lipinski definition) is 2. The van der Waals surface area contributed by atoms with Crippen LogP contribution in [-0.4, -0.2) is 28.3 Å². The van der Waals surface area contributed by atoms with Crippen LogP contribution in [0.4, 0.5) is 5.82 Å². The molecule has 0 fully saturated rings. The molecule has 0 spiro atoms. The number of nitrogens with one attached hydrogen (secondary N) is 2. The smallest absolute Gasteiger partial charge is 0.242 e. The highest BCUT2D eigenvalue weighted by Gasteiger charge is 2.13. The number of aromatic nitrogens is 2. The number of hydrogen-bond acceptors (Lipinski definition) is 3. The number of carbonyl (C=O) groups excluding carboxylic acids is 1. The van der Waals surface area contributed by atoms with Gasteiger partial charge in [-0.05, 0) is 12.8 Å². The quantitative estimate of drug-likeness (QED) is 0.784. The zero-order valence-corrected chi connectivity index (χ0v) is 10.3. The van der Waals surface area contributed by atoms with Crippen molar-refractivity contribution in [3.8, 4) is 0 Å². The van der Waals surface area contributed by atoms with E-state index in [9.17, 15) is 4.79 Å². The highest BCUT2D eigenvalue weighted by Crippen LogP contribution is 2.03. The van der Waals surface area contributed by atoms with Crippen molar-refractivity contribution in [2.75, 3.05) is 11.9 Å². The van der Waals surface area contributed by atoms with Crippen LogP contribution in [0.1, 0.15) is 20.8 Å². The summed E-state index contributed by atoms with van der Waals surface area (Å²) in [5.74, 6) is 1.18. The number of carbonyl (C=O) groups is 1. The van der Waals surface area contributed by atoms with E-state index < -0.39 is 0 Å². The van der Waals surface area contributed by atoms with Gasteiger partial charge in [0.15, 0.2) is 0 Å². The first-order chi connectivity index (χ1) is 7.49. The third-order valence-corrected chi connectivity index (χ3v) is 2.16. The molecular weight excluding hydrogens is 204 g/mol. The van der Waals surface area contributed by atoms with Gasteiger partial charge in [-0.25, -0.2) is 0 Å². The fraction of sp³-hybridized carbons (Fsp3) is 0.636. The molecule has 1 heterocycles. The van der Waals surface area contributed by atoms with Gasteiger partial charge in [-0.15, -0.1) is 0 Å². The lowest BCUT2D eigenvalue weighted by atomic mass is 10.2. The summed E-state index contributed by atoms with van der Waals surface area (Å²) >= 11 is 0. The first-order valence-corrected chi connectivity index (χ1v) is 5.53. The van der Waals surface area contributed by atoms with Crippen LogP contribution in [0.25, 0.3) is 0 Å². The highest BCUT2D eigenvalue weighted by atomic mass is 16.2. The predicted octanol–water partition coefficient (Wildman–Crippen LogP) is 0.993. The average molecular weight is 224 g/mol. The summed E-state index contributed by atoms with van der Waals surface area (Å²) in [4.78, 5) is 11.7. The van der Waals surface area contributed by atoms with Crippen molar-refractivity contribution in [2.24, 2.45) is 13.0 Å². The van der Waals surface area contributed by atoms with Crippen LogP contribution in [0.15, 0.2) is 12.3 Å². The first kappa shape index (κ1) is 12.5. The fourth-order valence-corrected chi connectivity index (χ4v) is 1.24. The van der Waals surface area contributed by atoms with Crippen molar-refractivity contribution in [2.45, 2.75) is 26.8 Å². The minimum atomic E-state index is -0.270. The monoisotopic (exact) mass is 224 g/mol. The lowest BCUT2D eigenvalue weighted by Gasteiger charge is -2.14. The second-order valence-corrected chi connectivity index (χ2v) is 4.38. The molecular formula is C11H20N4O. The van der Waals surface area contributed by atoms with Gasteiger partial charge in [0.2, 0.25) is 5.91 Å². The van der Waals surface area contributed by atoms with E-state index in [4.69, 9.17) is 0 Å². The molecule has 0 aliphatic heterocycles. The Hall–Kier alpha value is -1.52. The van der Waals surface area contributed by atoms with E-state index in [2.05, 4.69) is 29.6 Å². The van der Waals surface area contributed by atoms with E-state index in [0.29, 0.717) is 12.5 Å². The Balaban J connectivity index is 2.39. The molecule has 1 aromatic heterocycles. The minimum absolute atomic E-state index is 0.000599. The summed E-state index contributed by atoms with van der Waals surface area (Å²) < 4.78 is 1.70. The zero-order valence-electron chi connectivity index (χ0n) is 10.3. The summed E-state index contributed by atoms with van der Waals surface area (Å²) in [6.07, 6.45) is 1.83. The molecule has 5 nitrogen and oxygen atoms in total. The van der Waals surface area contributed by atoms with Crippen molar-refractivity contribution < 1.29 is 4.79 Å². The van der Waals surface area contributed by atoms with E-state index in [1.807, 2.05) is 26.2 Å². The van der Waals surface area contributed by atoms with Crippen LogP contribution in [-0.2, 0) is 11.8 Å².